The number of nitrogens with one attached hydrogen (secondary N) is 1. The van der Waals surface area contributed by atoms with Crippen molar-refractivity contribution >= 4 is 5.91 Å². The highest BCUT2D eigenvalue weighted by Crippen LogP contribution is 2.11. The van der Waals surface area contributed by atoms with Crippen LogP contribution in [0.3, 0.4) is 0 Å². The molecule has 1 amide bonds. The van der Waals surface area contributed by atoms with E-state index in [1.54, 1.807) is 13.0 Å². The van der Waals surface area contributed by atoms with Crippen LogP contribution in [0.2, 0.25) is 0 Å². The van der Waals surface area contributed by atoms with Gasteiger partial charge >= 0.3 is 0 Å². The van der Waals surface area contributed by atoms with Crippen molar-refractivity contribution in [3.05, 3.63) is 29.2 Å². The maximum Gasteiger partial charge on any atom is 0.243 e. The van der Waals surface area contributed by atoms with Crippen molar-refractivity contribution in [3.63, 3.8) is 0 Å². The van der Waals surface area contributed by atoms with Crippen LogP contribution >= 0.6 is 0 Å². The van der Waals surface area contributed by atoms with E-state index >= 15 is 0 Å². The van der Waals surface area contributed by atoms with Gasteiger partial charge in [-0.05, 0) is 26.8 Å². The Morgan fingerprint density at radius 3 is 2.79 bits per heavy atom. The van der Waals surface area contributed by atoms with Gasteiger partial charge in [0.05, 0.1) is 5.69 Å². The molecule has 0 bridgehead atoms. The molecule has 0 aliphatic carbocycles. The molecule has 14 heavy (non-hydrogen) atoms. The fraction of sp³-hybridized carbons (Fsp3) is 0.400. The lowest BCUT2D eigenvalue weighted by molar-refractivity contribution is -0.116. The summed E-state index contributed by atoms with van der Waals surface area (Å²) in [6.45, 7) is 5.95. The topological polar surface area (TPSA) is 55.1 Å². The lowest BCUT2D eigenvalue weighted by atomic mass is 10.2. The summed E-state index contributed by atoms with van der Waals surface area (Å²) < 4.78 is 4.97. The maximum atomic E-state index is 11.1. The number of amides is 1. The summed E-state index contributed by atoms with van der Waals surface area (Å²) in [5, 5.41) is 6.54. The molecule has 1 rings (SSSR count). The second-order valence-corrected chi connectivity index (χ2v) is 3.02. The number of hydrogen-bond donors (Lipinski definition) is 1. The molecule has 0 aliphatic heterocycles. The van der Waals surface area contributed by atoms with Gasteiger partial charge in [-0.2, -0.15) is 0 Å². The summed E-state index contributed by atoms with van der Waals surface area (Å²) in [6, 6.07) is 0. The van der Waals surface area contributed by atoms with Gasteiger partial charge in [0.25, 0.3) is 0 Å². The van der Waals surface area contributed by atoms with E-state index in [1.165, 1.54) is 6.08 Å². The Morgan fingerprint density at radius 1 is 1.57 bits per heavy atom. The summed E-state index contributed by atoms with van der Waals surface area (Å²) >= 11 is 0. The van der Waals surface area contributed by atoms with Gasteiger partial charge in [0.15, 0.2) is 0 Å². The van der Waals surface area contributed by atoms with Gasteiger partial charge in [-0.25, -0.2) is 0 Å². The van der Waals surface area contributed by atoms with Gasteiger partial charge in [0.2, 0.25) is 5.91 Å². The van der Waals surface area contributed by atoms with Gasteiger partial charge in [0.1, 0.15) is 5.76 Å². The standard InChI is InChI=1S/C10H14N2O2/c1-4-5-10(13)11-6-9-7(2)12-14-8(9)3/h4-5H,6H2,1-3H3,(H,11,13)/b5-4+. The molecule has 76 valence electrons. The smallest absolute Gasteiger partial charge is 0.243 e. The first kappa shape index (κ1) is 10.5. The zero-order valence-corrected chi connectivity index (χ0v) is 8.63. The molecule has 0 saturated heterocycles. The number of hydrogen-bond acceptors (Lipinski definition) is 3. The molecule has 4 heteroatoms. The minimum atomic E-state index is -0.104. The molecule has 0 unspecified atom stereocenters. The van der Waals surface area contributed by atoms with Crippen molar-refractivity contribution in [2.24, 2.45) is 0 Å². The molecule has 0 fully saturated rings. The minimum Gasteiger partial charge on any atom is -0.361 e. The molecule has 0 saturated carbocycles. The second-order valence-electron chi connectivity index (χ2n) is 3.02. The van der Waals surface area contributed by atoms with Crippen LogP contribution in [0.15, 0.2) is 16.7 Å². The van der Waals surface area contributed by atoms with E-state index in [9.17, 15) is 4.79 Å². The first-order chi connectivity index (χ1) is 6.65. The third-order valence-corrected chi connectivity index (χ3v) is 1.94. The lowest BCUT2D eigenvalue weighted by Gasteiger charge is -2.00. The minimum absolute atomic E-state index is 0.104. The van der Waals surface area contributed by atoms with Gasteiger partial charge in [-0.3, -0.25) is 4.79 Å². The molecule has 0 aromatic carbocycles. The molecular weight excluding hydrogens is 180 g/mol. The molecule has 0 radical (unpaired) electrons. The van der Waals surface area contributed by atoms with Crippen LogP contribution in [0.1, 0.15) is 23.9 Å². The van der Waals surface area contributed by atoms with Crippen LogP contribution in [0.4, 0.5) is 0 Å². The number of nitrogens with zero attached hydrogens (tertiary/aromatic N) is 1. The van der Waals surface area contributed by atoms with E-state index in [-0.39, 0.29) is 5.91 Å². The number of allylic oxidation sites excluding steroid dienone is 1. The molecule has 4 nitrogen and oxygen atoms in total. The monoisotopic (exact) mass is 194 g/mol. The summed E-state index contributed by atoms with van der Waals surface area (Å²) in [5.74, 6) is 0.649. The highest BCUT2D eigenvalue weighted by molar-refractivity contribution is 5.87. The van der Waals surface area contributed by atoms with E-state index in [4.69, 9.17) is 4.52 Å². The molecule has 0 atom stereocenters. The van der Waals surface area contributed by atoms with Gasteiger partial charge in [0, 0.05) is 12.1 Å². The molecule has 1 heterocycles. The van der Waals surface area contributed by atoms with Crippen LogP contribution in [0.25, 0.3) is 0 Å². The van der Waals surface area contributed by atoms with Crippen molar-refractivity contribution < 1.29 is 9.32 Å². The van der Waals surface area contributed by atoms with Crippen LogP contribution in [0.5, 0.6) is 0 Å². The van der Waals surface area contributed by atoms with Crippen LogP contribution in [-0.4, -0.2) is 11.1 Å². The SMILES string of the molecule is C/C=C/C(=O)NCc1c(C)noc1C. The van der Waals surface area contributed by atoms with Crippen LogP contribution < -0.4 is 5.32 Å². The third kappa shape index (κ3) is 2.45. The predicted octanol–water partition coefficient (Wildman–Crippen LogP) is 1.48. The number of carbonyl (C=O) groups excluding carboxylic acids is 1. The highest BCUT2D eigenvalue weighted by atomic mass is 16.5. The molecule has 0 spiro atoms. The fourth-order valence-corrected chi connectivity index (χ4v) is 1.14. The summed E-state index contributed by atoms with van der Waals surface area (Å²) in [6.07, 6.45) is 3.18. The van der Waals surface area contributed by atoms with Crippen molar-refractivity contribution in [2.75, 3.05) is 0 Å². The van der Waals surface area contributed by atoms with Crippen LogP contribution in [0, 0.1) is 13.8 Å². The fourth-order valence-electron chi connectivity index (χ4n) is 1.14. The Hall–Kier alpha value is -1.58. The van der Waals surface area contributed by atoms with Crippen molar-refractivity contribution in [1.29, 1.82) is 0 Å². The molecule has 1 aromatic rings. The zero-order valence-electron chi connectivity index (χ0n) is 8.63. The summed E-state index contributed by atoms with van der Waals surface area (Å²) in [4.78, 5) is 11.1. The first-order valence-electron chi connectivity index (χ1n) is 4.47. The Balaban J connectivity index is 2.57. The van der Waals surface area contributed by atoms with E-state index in [2.05, 4.69) is 10.5 Å². The Morgan fingerprint density at radius 2 is 2.29 bits per heavy atom. The Labute approximate surface area is 83.0 Å². The Kier molecular flexibility index (Phi) is 3.45. The average molecular weight is 194 g/mol. The quantitative estimate of drug-likeness (QED) is 0.741. The third-order valence-electron chi connectivity index (χ3n) is 1.94. The number of rotatable bonds is 3. The summed E-state index contributed by atoms with van der Waals surface area (Å²) in [7, 11) is 0. The van der Waals surface area contributed by atoms with Crippen molar-refractivity contribution in [1.82, 2.24) is 10.5 Å². The van der Waals surface area contributed by atoms with E-state index in [1.807, 2.05) is 13.8 Å². The molecule has 1 N–H and O–H groups in total. The largest absolute Gasteiger partial charge is 0.361 e. The first-order valence-corrected chi connectivity index (χ1v) is 4.47. The number of aromatic nitrogens is 1. The highest BCUT2D eigenvalue weighted by Gasteiger charge is 2.08. The molecule has 1 aromatic heterocycles. The van der Waals surface area contributed by atoms with E-state index in [0.717, 1.165) is 17.0 Å². The average Bonchev–Trinajstić information content (AvgIpc) is 2.44. The second kappa shape index (κ2) is 4.60. The van der Waals surface area contributed by atoms with Gasteiger partial charge < -0.3 is 9.84 Å². The summed E-state index contributed by atoms with van der Waals surface area (Å²) in [5.41, 5.74) is 1.77. The van der Waals surface area contributed by atoms with Gasteiger partial charge in [-0.15, -0.1) is 0 Å². The number of aryl methyl sites for hydroxylation is 2. The molecular formula is C10H14N2O2. The normalized spacial score (nSPS) is 10.8. The van der Waals surface area contributed by atoms with Crippen molar-refractivity contribution in [3.8, 4) is 0 Å². The predicted molar refractivity (Wildman–Crippen MR) is 52.6 cm³/mol. The van der Waals surface area contributed by atoms with E-state index < -0.39 is 0 Å². The Bertz CT molecular complexity index is 334. The lowest BCUT2D eigenvalue weighted by Crippen LogP contribution is -2.20. The molecule has 0 aliphatic rings. The number of carbonyl (C=O) groups is 1. The maximum absolute atomic E-state index is 11.1. The van der Waals surface area contributed by atoms with Gasteiger partial charge in [-0.1, -0.05) is 11.2 Å². The van der Waals surface area contributed by atoms with Crippen molar-refractivity contribution in [2.45, 2.75) is 27.3 Å². The van der Waals surface area contributed by atoms with Crippen LogP contribution in [-0.2, 0) is 11.3 Å². The van der Waals surface area contributed by atoms with E-state index in [0.29, 0.717) is 6.54 Å². The zero-order chi connectivity index (χ0) is 10.6.